The predicted molar refractivity (Wildman–Crippen MR) is 121 cm³/mol. The number of carbonyl (C=O) groups excluding carboxylic acids is 1. The van der Waals surface area contributed by atoms with Crippen molar-refractivity contribution >= 4 is 17.8 Å². The Hall–Kier alpha value is -3.35. The fourth-order valence-electron chi connectivity index (χ4n) is 4.03. The zero-order chi connectivity index (χ0) is 21.8. The second kappa shape index (κ2) is 9.20. The monoisotopic (exact) mass is 420 g/mol. The van der Waals surface area contributed by atoms with Gasteiger partial charge in [0, 0.05) is 17.7 Å². The maximum absolute atomic E-state index is 12.7. The Kier molecular flexibility index (Phi) is 6.21. The second-order valence-electron chi connectivity index (χ2n) is 7.36. The van der Waals surface area contributed by atoms with Crippen molar-refractivity contribution in [1.82, 2.24) is 10.6 Å². The molecule has 5 rings (SSSR count). The van der Waals surface area contributed by atoms with E-state index in [4.69, 9.17) is 14.5 Å². The Labute approximate surface area is 182 Å². The van der Waals surface area contributed by atoms with E-state index in [0.29, 0.717) is 18.4 Å². The number of methoxy groups -OCH3 is 1. The number of nitrogens with zero attached hydrogens (tertiary/aromatic N) is 2. The fourth-order valence-corrected chi connectivity index (χ4v) is 4.03. The summed E-state index contributed by atoms with van der Waals surface area (Å²) in [5.74, 6) is 2.31. The number of nitrogens with one attached hydrogen (secondary N) is 2. The fraction of sp³-hybridized carbons (Fsp3) is 0.375. The predicted octanol–water partition coefficient (Wildman–Crippen LogP) is 3.92. The van der Waals surface area contributed by atoms with E-state index in [0.717, 1.165) is 47.6 Å². The van der Waals surface area contributed by atoms with E-state index in [-0.39, 0.29) is 17.9 Å². The van der Waals surface area contributed by atoms with Gasteiger partial charge in [-0.2, -0.15) is 0 Å². The number of ketones is 1. The van der Waals surface area contributed by atoms with Crippen LogP contribution in [0, 0.1) is 0 Å². The molecule has 2 aliphatic heterocycles. The number of aliphatic imine (C=N–C) groups is 2. The maximum Gasteiger partial charge on any atom is 0.297 e. The third-order valence-corrected chi connectivity index (χ3v) is 5.49. The summed E-state index contributed by atoms with van der Waals surface area (Å²) in [5, 5.41) is 6.47. The van der Waals surface area contributed by atoms with Crippen LogP contribution in [-0.2, 0) is 9.53 Å². The summed E-state index contributed by atoms with van der Waals surface area (Å²) < 4.78 is 11.1. The van der Waals surface area contributed by atoms with Crippen LogP contribution < -0.4 is 15.4 Å². The number of ether oxygens (including phenoxy) is 2. The molecule has 2 unspecified atom stereocenters. The number of amidine groups is 1. The van der Waals surface area contributed by atoms with E-state index in [2.05, 4.69) is 21.7 Å². The molecule has 4 aliphatic rings. The Balaban J connectivity index is 0.00000112. The third kappa shape index (κ3) is 4.26. The summed E-state index contributed by atoms with van der Waals surface area (Å²) >= 11 is 0. The summed E-state index contributed by atoms with van der Waals surface area (Å²) in [6.45, 7) is 4.00. The molecule has 1 aromatic carbocycles. The van der Waals surface area contributed by atoms with Gasteiger partial charge in [0.05, 0.1) is 7.11 Å². The smallest absolute Gasteiger partial charge is 0.297 e. The Morgan fingerprint density at radius 1 is 1.16 bits per heavy atom. The van der Waals surface area contributed by atoms with E-state index < -0.39 is 0 Å². The number of allylic oxidation sites excluding steroid dienone is 3. The van der Waals surface area contributed by atoms with Crippen LogP contribution in [0.2, 0.25) is 0 Å². The lowest BCUT2D eigenvalue weighted by Gasteiger charge is -2.30. The van der Waals surface area contributed by atoms with E-state index >= 15 is 0 Å². The van der Waals surface area contributed by atoms with Crippen molar-refractivity contribution < 1.29 is 14.3 Å². The molecule has 0 saturated heterocycles. The molecule has 0 bridgehead atoms. The molecular formula is C24H28N4O3. The van der Waals surface area contributed by atoms with Crippen molar-refractivity contribution in [3.05, 3.63) is 65.1 Å². The van der Waals surface area contributed by atoms with Gasteiger partial charge in [-0.15, -0.1) is 0 Å². The van der Waals surface area contributed by atoms with Gasteiger partial charge in [0.1, 0.15) is 23.6 Å². The molecule has 7 heteroatoms. The first kappa shape index (κ1) is 20.9. The first-order valence-corrected chi connectivity index (χ1v) is 10.9. The average Bonchev–Trinajstić information content (AvgIpc) is 3.22. The molecule has 2 heterocycles. The number of fused-ring (bicyclic) bond motifs is 1. The molecular weight excluding hydrogens is 392 g/mol. The highest BCUT2D eigenvalue weighted by Gasteiger charge is 2.34. The molecule has 0 saturated carbocycles. The molecule has 0 aromatic heterocycles. The molecule has 31 heavy (non-hydrogen) atoms. The van der Waals surface area contributed by atoms with Crippen molar-refractivity contribution in [1.29, 1.82) is 0 Å². The Morgan fingerprint density at radius 3 is 2.71 bits per heavy atom. The van der Waals surface area contributed by atoms with E-state index in [1.54, 1.807) is 7.11 Å². The van der Waals surface area contributed by atoms with E-state index in [1.807, 2.05) is 50.3 Å². The van der Waals surface area contributed by atoms with Crippen molar-refractivity contribution in [3.8, 4) is 5.75 Å². The van der Waals surface area contributed by atoms with Gasteiger partial charge in [-0.25, -0.2) is 9.98 Å². The lowest BCUT2D eigenvalue weighted by molar-refractivity contribution is -0.116. The van der Waals surface area contributed by atoms with Crippen LogP contribution in [0.3, 0.4) is 0 Å². The summed E-state index contributed by atoms with van der Waals surface area (Å²) in [4.78, 5) is 22.1. The normalized spacial score (nSPS) is 23.7. The largest absolute Gasteiger partial charge is 0.497 e. The number of guanidine groups is 1. The molecule has 0 radical (unpaired) electrons. The molecule has 7 nitrogen and oxygen atoms in total. The van der Waals surface area contributed by atoms with Crippen molar-refractivity contribution in [3.63, 3.8) is 0 Å². The van der Waals surface area contributed by atoms with Crippen LogP contribution in [0.5, 0.6) is 5.75 Å². The third-order valence-electron chi connectivity index (χ3n) is 5.49. The maximum atomic E-state index is 12.7. The van der Waals surface area contributed by atoms with Gasteiger partial charge in [0.25, 0.3) is 6.02 Å². The number of carbonyl (C=O) groups is 1. The highest BCUT2D eigenvalue weighted by atomic mass is 16.5. The lowest BCUT2D eigenvalue weighted by Crippen LogP contribution is -2.45. The van der Waals surface area contributed by atoms with Gasteiger partial charge in [-0.1, -0.05) is 38.1 Å². The quantitative estimate of drug-likeness (QED) is 0.758. The van der Waals surface area contributed by atoms with Crippen molar-refractivity contribution in [2.45, 2.75) is 51.6 Å². The minimum absolute atomic E-state index is 0.0233. The standard InChI is InChI=1S/C22H22N4O3.C2H6/c1-28-14-11-9-13(10-12-14)20-19-16(6-4-7-17(19)27)23-21(25-20)26-22-24-15-5-2-3-8-18(15)29-22;1-2/h2-3,8-12,15,20H,4-7H2,1H3,(H2,23,24,25,26);1-2H3. The second-order valence-corrected chi connectivity index (χ2v) is 7.36. The van der Waals surface area contributed by atoms with Crippen molar-refractivity contribution in [2.75, 3.05) is 7.11 Å². The first-order chi connectivity index (χ1) is 15.2. The van der Waals surface area contributed by atoms with Gasteiger partial charge in [-0.05, 0) is 43.0 Å². The van der Waals surface area contributed by atoms with Crippen LogP contribution in [0.4, 0.5) is 0 Å². The average molecular weight is 421 g/mol. The molecule has 2 N–H and O–H groups in total. The van der Waals surface area contributed by atoms with Crippen LogP contribution in [0.1, 0.15) is 51.1 Å². The molecule has 2 aliphatic carbocycles. The van der Waals surface area contributed by atoms with Crippen LogP contribution in [-0.4, -0.2) is 30.9 Å². The first-order valence-electron chi connectivity index (χ1n) is 10.9. The van der Waals surface area contributed by atoms with E-state index in [1.165, 1.54) is 0 Å². The molecule has 162 valence electrons. The number of benzene rings is 1. The molecule has 1 aromatic rings. The van der Waals surface area contributed by atoms with Gasteiger partial charge in [0.15, 0.2) is 5.78 Å². The highest BCUT2D eigenvalue weighted by molar-refractivity contribution is 6.04. The van der Waals surface area contributed by atoms with Gasteiger partial charge in [-0.3, -0.25) is 10.1 Å². The van der Waals surface area contributed by atoms with Crippen LogP contribution >= 0.6 is 0 Å². The zero-order valence-corrected chi connectivity index (χ0v) is 18.1. The summed E-state index contributed by atoms with van der Waals surface area (Å²) in [6, 6.07) is 7.78. The van der Waals surface area contributed by atoms with Gasteiger partial charge in [0.2, 0.25) is 5.96 Å². The number of Topliss-reactive ketones (excluding diaryl/α,β-unsaturated/α-hetero) is 1. The van der Waals surface area contributed by atoms with Gasteiger partial charge < -0.3 is 14.8 Å². The summed E-state index contributed by atoms with van der Waals surface area (Å²) in [6.07, 6.45) is 9.03. The number of rotatable bonds is 2. The van der Waals surface area contributed by atoms with Crippen molar-refractivity contribution in [2.24, 2.45) is 9.98 Å². The zero-order valence-electron chi connectivity index (χ0n) is 18.1. The number of hydrogen-bond acceptors (Lipinski definition) is 7. The number of hydrogen-bond donors (Lipinski definition) is 2. The van der Waals surface area contributed by atoms with Crippen LogP contribution in [0.15, 0.2) is 69.5 Å². The Morgan fingerprint density at radius 2 is 1.97 bits per heavy atom. The Bertz CT molecular complexity index is 1000. The lowest BCUT2D eigenvalue weighted by atomic mass is 9.86. The highest BCUT2D eigenvalue weighted by Crippen LogP contribution is 2.36. The van der Waals surface area contributed by atoms with Crippen LogP contribution in [0.25, 0.3) is 0 Å². The molecule has 0 fully saturated rings. The summed E-state index contributed by atoms with van der Waals surface area (Å²) in [5.41, 5.74) is 2.63. The van der Waals surface area contributed by atoms with Gasteiger partial charge >= 0.3 is 0 Å². The summed E-state index contributed by atoms with van der Waals surface area (Å²) in [7, 11) is 1.63. The SMILES string of the molecule is CC.COc1ccc(C2N=C(NC3=NC4CC=CC=C4O3)NC3=C2C(=O)CCC3)cc1. The minimum atomic E-state index is -0.363. The van der Waals surface area contributed by atoms with E-state index in [9.17, 15) is 4.79 Å². The minimum Gasteiger partial charge on any atom is -0.497 e. The molecule has 0 amide bonds. The molecule has 2 atom stereocenters. The molecule has 0 spiro atoms. The topological polar surface area (TPSA) is 84.3 Å².